The normalized spacial score (nSPS) is 13.9. The molecule has 1 aliphatic heterocycles. The van der Waals surface area contributed by atoms with Gasteiger partial charge >= 0.3 is 0 Å². The van der Waals surface area contributed by atoms with Gasteiger partial charge in [-0.15, -0.1) is 0 Å². The Labute approximate surface area is 170 Å². The van der Waals surface area contributed by atoms with Crippen molar-refractivity contribution in [2.24, 2.45) is 0 Å². The zero-order chi connectivity index (χ0) is 17.4. The van der Waals surface area contributed by atoms with Crippen LogP contribution in [0.25, 0.3) is 16.9 Å². The molecule has 2 heterocycles. The maximum absolute atomic E-state index is 6.45. The van der Waals surface area contributed by atoms with E-state index in [4.69, 9.17) is 28.3 Å². The SMILES string of the molecule is Clc1ccc(Cl)c(-n2nc(-c3cccc(I)c3)c3c2NCCCC3)c1. The highest BCUT2D eigenvalue weighted by atomic mass is 127. The number of halogens is 3. The molecule has 0 unspecified atom stereocenters. The van der Waals surface area contributed by atoms with Crippen molar-refractivity contribution in [1.82, 2.24) is 9.78 Å². The third-order valence-corrected chi connectivity index (χ3v) is 5.59. The minimum atomic E-state index is 0.634. The summed E-state index contributed by atoms with van der Waals surface area (Å²) in [5.41, 5.74) is 4.19. The van der Waals surface area contributed by atoms with Crippen molar-refractivity contribution in [2.75, 3.05) is 11.9 Å². The molecule has 6 heteroatoms. The highest BCUT2D eigenvalue weighted by molar-refractivity contribution is 14.1. The Morgan fingerprint density at radius 1 is 1.08 bits per heavy atom. The lowest BCUT2D eigenvalue weighted by atomic mass is 10.0. The van der Waals surface area contributed by atoms with Gasteiger partial charge in [-0.05, 0) is 72.2 Å². The van der Waals surface area contributed by atoms with Crippen LogP contribution in [0.2, 0.25) is 10.0 Å². The molecule has 0 bridgehead atoms. The second-order valence-corrected chi connectivity index (χ2v) is 8.17. The van der Waals surface area contributed by atoms with Crippen molar-refractivity contribution < 1.29 is 0 Å². The molecular weight excluding hydrogens is 468 g/mol. The molecule has 0 atom stereocenters. The second kappa shape index (κ2) is 7.17. The highest BCUT2D eigenvalue weighted by Crippen LogP contribution is 2.36. The molecule has 128 valence electrons. The maximum Gasteiger partial charge on any atom is 0.133 e. The number of nitrogens with one attached hydrogen (secondary N) is 1. The van der Waals surface area contributed by atoms with Crippen molar-refractivity contribution in [1.29, 1.82) is 0 Å². The minimum Gasteiger partial charge on any atom is -0.370 e. The summed E-state index contributed by atoms with van der Waals surface area (Å²) < 4.78 is 3.10. The fourth-order valence-electron chi connectivity index (χ4n) is 3.19. The number of hydrogen-bond acceptors (Lipinski definition) is 2. The monoisotopic (exact) mass is 483 g/mol. The van der Waals surface area contributed by atoms with E-state index < -0.39 is 0 Å². The van der Waals surface area contributed by atoms with Gasteiger partial charge in [0.1, 0.15) is 5.82 Å². The van der Waals surface area contributed by atoms with Gasteiger partial charge in [0.05, 0.1) is 16.4 Å². The van der Waals surface area contributed by atoms with Crippen molar-refractivity contribution >= 4 is 51.6 Å². The van der Waals surface area contributed by atoms with Gasteiger partial charge in [0, 0.05) is 26.3 Å². The largest absolute Gasteiger partial charge is 0.370 e. The molecule has 2 aromatic carbocycles. The lowest BCUT2D eigenvalue weighted by Crippen LogP contribution is -2.07. The molecule has 1 aliphatic rings. The molecule has 3 aromatic rings. The van der Waals surface area contributed by atoms with Gasteiger partial charge in [-0.25, -0.2) is 4.68 Å². The van der Waals surface area contributed by atoms with E-state index in [1.807, 2.05) is 16.8 Å². The van der Waals surface area contributed by atoms with Gasteiger partial charge in [-0.3, -0.25) is 0 Å². The molecule has 0 fully saturated rings. The van der Waals surface area contributed by atoms with Crippen LogP contribution in [-0.2, 0) is 6.42 Å². The molecule has 25 heavy (non-hydrogen) atoms. The van der Waals surface area contributed by atoms with Crippen LogP contribution in [0.4, 0.5) is 5.82 Å². The van der Waals surface area contributed by atoms with E-state index in [1.165, 1.54) is 9.13 Å². The molecule has 3 nitrogen and oxygen atoms in total. The zero-order valence-corrected chi connectivity index (χ0v) is 17.1. The van der Waals surface area contributed by atoms with Crippen molar-refractivity contribution in [3.8, 4) is 16.9 Å². The predicted molar refractivity (Wildman–Crippen MR) is 113 cm³/mol. The van der Waals surface area contributed by atoms with Crippen LogP contribution in [0.15, 0.2) is 42.5 Å². The zero-order valence-electron chi connectivity index (χ0n) is 13.4. The highest BCUT2D eigenvalue weighted by Gasteiger charge is 2.22. The molecule has 0 spiro atoms. The van der Waals surface area contributed by atoms with E-state index in [1.54, 1.807) is 6.07 Å². The number of rotatable bonds is 2. The van der Waals surface area contributed by atoms with Crippen molar-refractivity contribution in [3.63, 3.8) is 0 Å². The summed E-state index contributed by atoms with van der Waals surface area (Å²) in [6.07, 6.45) is 3.29. The van der Waals surface area contributed by atoms with Gasteiger partial charge in [-0.1, -0.05) is 35.3 Å². The van der Waals surface area contributed by atoms with Crippen LogP contribution in [0, 0.1) is 3.57 Å². The Balaban J connectivity index is 1.95. The van der Waals surface area contributed by atoms with Crippen LogP contribution in [0.5, 0.6) is 0 Å². The number of benzene rings is 2. The number of fused-ring (bicyclic) bond motifs is 1. The van der Waals surface area contributed by atoms with E-state index in [0.29, 0.717) is 10.0 Å². The Bertz CT molecular complexity index is 936. The molecule has 0 radical (unpaired) electrons. The van der Waals surface area contributed by atoms with E-state index in [0.717, 1.165) is 48.6 Å². The predicted octanol–water partition coefficient (Wildman–Crippen LogP) is 6.20. The average Bonchev–Trinajstić information content (AvgIpc) is 2.78. The Morgan fingerprint density at radius 2 is 1.96 bits per heavy atom. The molecule has 0 saturated heterocycles. The Morgan fingerprint density at radius 3 is 2.80 bits per heavy atom. The first-order valence-corrected chi connectivity index (χ1v) is 10.0. The van der Waals surface area contributed by atoms with Crippen LogP contribution in [-0.4, -0.2) is 16.3 Å². The fraction of sp³-hybridized carbons (Fsp3) is 0.211. The van der Waals surface area contributed by atoms with Crippen LogP contribution >= 0.6 is 45.8 Å². The number of hydrogen-bond donors (Lipinski definition) is 1. The van der Waals surface area contributed by atoms with Gasteiger partial charge in [-0.2, -0.15) is 5.10 Å². The smallest absolute Gasteiger partial charge is 0.133 e. The summed E-state index contributed by atoms with van der Waals surface area (Å²) >= 11 is 15.0. The van der Waals surface area contributed by atoms with Gasteiger partial charge in [0.25, 0.3) is 0 Å². The lowest BCUT2D eigenvalue weighted by Gasteiger charge is -2.11. The number of nitrogens with zero attached hydrogens (tertiary/aromatic N) is 2. The van der Waals surface area contributed by atoms with E-state index >= 15 is 0 Å². The van der Waals surface area contributed by atoms with E-state index in [2.05, 4.69) is 52.2 Å². The molecule has 0 aliphatic carbocycles. The standard InChI is InChI=1S/C19H16Cl2IN3/c20-13-7-8-16(21)17(11-13)25-19-15(6-1-2-9-23-19)18(24-25)12-4-3-5-14(22)10-12/h3-5,7-8,10-11,23H,1-2,6,9H2. The topological polar surface area (TPSA) is 29.9 Å². The summed E-state index contributed by atoms with van der Waals surface area (Å²) in [4.78, 5) is 0. The summed E-state index contributed by atoms with van der Waals surface area (Å²) in [5.74, 6) is 1.02. The minimum absolute atomic E-state index is 0.634. The lowest BCUT2D eigenvalue weighted by molar-refractivity contribution is 0.780. The second-order valence-electron chi connectivity index (χ2n) is 6.08. The summed E-state index contributed by atoms with van der Waals surface area (Å²) in [5, 5.41) is 9.75. The maximum atomic E-state index is 6.45. The molecule has 0 amide bonds. The van der Waals surface area contributed by atoms with E-state index in [9.17, 15) is 0 Å². The summed E-state index contributed by atoms with van der Waals surface area (Å²) in [6.45, 7) is 0.933. The fourth-order valence-corrected chi connectivity index (χ4v) is 4.10. The first-order valence-electron chi connectivity index (χ1n) is 8.20. The van der Waals surface area contributed by atoms with Crippen LogP contribution < -0.4 is 5.32 Å². The Hall–Kier alpha value is -1.24. The van der Waals surface area contributed by atoms with Gasteiger partial charge < -0.3 is 5.32 Å². The van der Waals surface area contributed by atoms with Crippen molar-refractivity contribution in [3.05, 3.63) is 61.6 Å². The third kappa shape index (κ3) is 3.39. The van der Waals surface area contributed by atoms with Crippen LogP contribution in [0.3, 0.4) is 0 Å². The van der Waals surface area contributed by atoms with Crippen molar-refractivity contribution in [2.45, 2.75) is 19.3 Å². The molecular formula is C19H16Cl2IN3. The first-order chi connectivity index (χ1) is 12.1. The molecule has 4 rings (SSSR count). The quantitative estimate of drug-likeness (QED) is 0.440. The summed E-state index contributed by atoms with van der Waals surface area (Å²) in [6, 6.07) is 13.9. The van der Waals surface area contributed by atoms with Crippen LogP contribution in [0.1, 0.15) is 18.4 Å². The molecule has 1 N–H and O–H groups in total. The van der Waals surface area contributed by atoms with Gasteiger partial charge in [0.2, 0.25) is 0 Å². The first kappa shape index (κ1) is 17.2. The third-order valence-electron chi connectivity index (χ3n) is 4.36. The Kier molecular flexibility index (Phi) is 4.93. The van der Waals surface area contributed by atoms with E-state index in [-0.39, 0.29) is 0 Å². The summed E-state index contributed by atoms with van der Waals surface area (Å²) in [7, 11) is 0. The van der Waals surface area contributed by atoms with Gasteiger partial charge in [0.15, 0.2) is 0 Å². The molecule has 0 saturated carbocycles. The average molecular weight is 484 g/mol. The number of aromatic nitrogens is 2. The molecule has 1 aromatic heterocycles. The number of anilines is 1.